The molecule has 108 valence electrons. The van der Waals surface area contributed by atoms with E-state index in [9.17, 15) is 8.42 Å². The highest BCUT2D eigenvalue weighted by molar-refractivity contribution is 7.94. The van der Waals surface area contributed by atoms with E-state index in [0.717, 1.165) is 12.0 Å². The van der Waals surface area contributed by atoms with Crippen LogP contribution in [0.3, 0.4) is 0 Å². The van der Waals surface area contributed by atoms with Crippen LogP contribution in [0, 0.1) is 0 Å². The summed E-state index contributed by atoms with van der Waals surface area (Å²) in [6, 6.07) is 18.3. The molecule has 0 amide bonds. The van der Waals surface area contributed by atoms with E-state index >= 15 is 0 Å². The predicted octanol–water partition coefficient (Wildman–Crippen LogP) is 3.85. The second-order valence-electron chi connectivity index (χ2n) is 5.00. The molecule has 21 heavy (non-hydrogen) atoms. The highest BCUT2D eigenvalue weighted by Crippen LogP contribution is 2.35. The SMILES string of the molecule is O=S(=O)(/C=C1/CCC(c2ccccc2)O1)c1ccccc1. The summed E-state index contributed by atoms with van der Waals surface area (Å²) >= 11 is 0. The molecule has 1 aliphatic heterocycles. The van der Waals surface area contributed by atoms with Crippen molar-refractivity contribution >= 4 is 9.84 Å². The average Bonchev–Trinajstić information content (AvgIpc) is 2.97. The molecule has 1 aliphatic rings. The summed E-state index contributed by atoms with van der Waals surface area (Å²) in [5.74, 6) is 0.535. The van der Waals surface area contributed by atoms with Crippen molar-refractivity contribution in [3.63, 3.8) is 0 Å². The van der Waals surface area contributed by atoms with Gasteiger partial charge in [-0.05, 0) is 24.1 Å². The molecule has 3 nitrogen and oxygen atoms in total. The Bertz CT molecular complexity index is 734. The average molecular weight is 300 g/mol. The van der Waals surface area contributed by atoms with Crippen LogP contribution in [0.1, 0.15) is 24.5 Å². The van der Waals surface area contributed by atoms with Gasteiger partial charge >= 0.3 is 0 Å². The Labute approximate surface area is 124 Å². The van der Waals surface area contributed by atoms with Gasteiger partial charge in [0.2, 0.25) is 9.84 Å². The first kappa shape index (κ1) is 13.9. The topological polar surface area (TPSA) is 43.4 Å². The summed E-state index contributed by atoms with van der Waals surface area (Å²) in [6.07, 6.45) is 1.40. The van der Waals surface area contributed by atoms with E-state index in [-0.39, 0.29) is 6.10 Å². The molecule has 3 rings (SSSR count). The summed E-state index contributed by atoms with van der Waals surface area (Å²) in [6.45, 7) is 0. The molecule has 1 heterocycles. The first-order chi connectivity index (χ1) is 10.1. The zero-order chi connectivity index (χ0) is 14.7. The first-order valence-electron chi connectivity index (χ1n) is 6.87. The fourth-order valence-electron chi connectivity index (χ4n) is 2.41. The van der Waals surface area contributed by atoms with Crippen LogP contribution in [-0.4, -0.2) is 8.42 Å². The van der Waals surface area contributed by atoms with Gasteiger partial charge < -0.3 is 4.74 Å². The van der Waals surface area contributed by atoms with Crippen LogP contribution in [0.2, 0.25) is 0 Å². The van der Waals surface area contributed by atoms with Crippen molar-refractivity contribution in [1.82, 2.24) is 0 Å². The lowest BCUT2D eigenvalue weighted by atomic mass is 10.1. The summed E-state index contributed by atoms with van der Waals surface area (Å²) in [7, 11) is -3.44. The molecule has 0 N–H and O–H groups in total. The number of ether oxygens (including phenoxy) is 1. The molecule has 1 saturated heterocycles. The van der Waals surface area contributed by atoms with Gasteiger partial charge in [-0.15, -0.1) is 0 Å². The normalized spacial score (nSPS) is 20.4. The Morgan fingerprint density at radius 2 is 1.57 bits per heavy atom. The van der Waals surface area contributed by atoms with Crippen LogP contribution in [0.25, 0.3) is 0 Å². The maximum atomic E-state index is 12.3. The van der Waals surface area contributed by atoms with Gasteiger partial charge in [0.25, 0.3) is 0 Å². The Morgan fingerprint density at radius 1 is 0.952 bits per heavy atom. The monoisotopic (exact) mass is 300 g/mol. The van der Waals surface area contributed by atoms with Crippen molar-refractivity contribution < 1.29 is 13.2 Å². The molecule has 0 aliphatic carbocycles. The summed E-state index contributed by atoms with van der Waals surface area (Å²) in [5.41, 5.74) is 1.08. The molecule has 0 radical (unpaired) electrons. The lowest BCUT2D eigenvalue weighted by Gasteiger charge is -2.10. The Hall–Kier alpha value is -2.07. The van der Waals surface area contributed by atoms with Crippen LogP contribution in [0.4, 0.5) is 0 Å². The van der Waals surface area contributed by atoms with Gasteiger partial charge in [0, 0.05) is 6.42 Å². The van der Waals surface area contributed by atoms with Crippen molar-refractivity contribution in [3.05, 3.63) is 77.4 Å². The number of rotatable bonds is 3. The zero-order valence-electron chi connectivity index (χ0n) is 11.5. The highest BCUT2D eigenvalue weighted by Gasteiger charge is 2.24. The van der Waals surface area contributed by atoms with E-state index in [4.69, 9.17) is 4.74 Å². The fraction of sp³-hybridized carbons (Fsp3) is 0.176. The van der Waals surface area contributed by atoms with Gasteiger partial charge in [0.1, 0.15) is 11.9 Å². The van der Waals surface area contributed by atoms with Crippen molar-refractivity contribution in [2.75, 3.05) is 0 Å². The van der Waals surface area contributed by atoms with Gasteiger partial charge in [0.05, 0.1) is 10.3 Å². The zero-order valence-corrected chi connectivity index (χ0v) is 12.3. The molecule has 2 aromatic rings. The minimum absolute atomic E-state index is 0.0524. The van der Waals surface area contributed by atoms with E-state index in [1.807, 2.05) is 30.3 Å². The number of benzene rings is 2. The smallest absolute Gasteiger partial charge is 0.203 e. The number of hydrogen-bond acceptors (Lipinski definition) is 3. The van der Waals surface area contributed by atoms with E-state index in [1.165, 1.54) is 5.41 Å². The molecular weight excluding hydrogens is 284 g/mol. The van der Waals surface area contributed by atoms with E-state index in [1.54, 1.807) is 30.3 Å². The van der Waals surface area contributed by atoms with Crippen molar-refractivity contribution in [1.29, 1.82) is 0 Å². The van der Waals surface area contributed by atoms with E-state index in [0.29, 0.717) is 17.1 Å². The minimum atomic E-state index is -3.44. The van der Waals surface area contributed by atoms with Crippen LogP contribution in [0.5, 0.6) is 0 Å². The summed E-state index contributed by atoms with van der Waals surface area (Å²) in [5, 5.41) is 1.26. The molecule has 4 heteroatoms. The third-order valence-electron chi connectivity index (χ3n) is 3.48. The number of sulfone groups is 1. The Kier molecular flexibility index (Phi) is 3.80. The lowest BCUT2D eigenvalue weighted by Crippen LogP contribution is -1.99. The van der Waals surface area contributed by atoms with Crippen molar-refractivity contribution in [2.24, 2.45) is 0 Å². The second-order valence-corrected chi connectivity index (χ2v) is 6.80. The van der Waals surface area contributed by atoms with Gasteiger partial charge in [-0.25, -0.2) is 8.42 Å². The number of hydrogen-bond donors (Lipinski definition) is 0. The predicted molar refractivity (Wildman–Crippen MR) is 81.2 cm³/mol. The van der Waals surface area contributed by atoms with E-state index < -0.39 is 9.84 Å². The molecule has 2 aromatic carbocycles. The first-order valence-corrected chi connectivity index (χ1v) is 8.42. The molecule has 1 atom stereocenters. The lowest BCUT2D eigenvalue weighted by molar-refractivity contribution is 0.163. The molecule has 0 spiro atoms. The highest BCUT2D eigenvalue weighted by atomic mass is 32.2. The number of allylic oxidation sites excluding steroid dienone is 1. The largest absolute Gasteiger partial charge is 0.489 e. The summed E-state index contributed by atoms with van der Waals surface area (Å²) < 4.78 is 30.3. The molecule has 0 bridgehead atoms. The van der Waals surface area contributed by atoms with Gasteiger partial charge in [0.15, 0.2) is 0 Å². The van der Waals surface area contributed by atoms with Gasteiger partial charge in [-0.3, -0.25) is 0 Å². The van der Waals surface area contributed by atoms with Crippen LogP contribution >= 0.6 is 0 Å². The Balaban J connectivity index is 1.80. The molecule has 0 aromatic heterocycles. The van der Waals surface area contributed by atoms with Crippen molar-refractivity contribution in [2.45, 2.75) is 23.8 Å². The standard InChI is InChI=1S/C17H16O3S/c18-21(19,16-9-5-2-6-10-16)13-15-11-12-17(20-15)14-7-3-1-4-8-14/h1-10,13,17H,11-12H2/b15-13-. The third-order valence-corrected chi connectivity index (χ3v) is 4.98. The third kappa shape index (κ3) is 3.16. The molecule has 1 fully saturated rings. The molecular formula is C17H16O3S. The van der Waals surface area contributed by atoms with Crippen LogP contribution < -0.4 is 0 Å². The maximum Gasteiger partial charge on any atom is 0.203 e. The van der Waals surface area contributed by atoms with Gasteiger partial charge in [-0.1, -0.05) is 48.5 Å². The van der Waals surface area contributed by atoms with E-state index in [2.05, 4.69) is 0 Å². The molecule has 1 unspecified atom stereocenters. The molecule has 0 saturated carbocycles. The quantitative estimate of drug-likeness (QED) is 0.864. The minimum Gasteiger partial charge on any atom is -0.489 e. The maximum absolute atomic E-state index is 12.3. The Morgan fingerprint density at radius 3 is 2.24 bits per heavy atom. The van der Waals surface area contributed by atoms with Crippen molar-refractivity contribution in [3.8, 4) is 0 Å². The van der Waals surface area contributed by atoms with Gasteiger partial charge in [-0.2, -0.15) is 0 Å². The second kappa shape index (κ2) is 5.74. The fourth-order valence-corrected chi connectivity index (χ4v) is 3.61. The summed E-state index contributed by atoms with van der Waals surface area (Å²) in [4.78, 5) is 0.296. The van der Waals surface area contributed by atoms with Crippen LogP contribution in [0.15, 0.2) is 76.7 Å². The van der Waals surface area contributed by atoms with Crippen LogP contribution in [-0.2, 0) is 14.6 Å².